The molecule has 3 N–H and O–H groups in total. The largest absolute Gasteiger partial charge is 0.492 e. The van der Waals surface area contributed by atoms with Crippen LogP contribution < -0.4 is 15.8 Å². The fourth-order valence-corrected chi connectivity index (χ4v) is 4.85. The van der Waals surface area contributed by atoms with Gasteiger partial charge in [0.2, 0.25) is 10.0 Å². The highest BCUT2D eigenvalue weighted by atomic mass is 127. The molecule has 0 aliphatic carbocycles. The quantitative estimate of drug-likeness (QED) is 0.501. The van der Waals surface area contributed by atoms with E-state index < -0.39 is 27.6 Å². The Hall–Kier alpha value is -1.99. The third-order valence-corrected chi connectivity index (χ3v) is 6.88. The number of amides is 1. The van der Waals surface area contributed by atoms with Crippen molar-refractivity contribution in [3.05, 3.63) is 51.1 Å². The Bertz CT molecular complexity index is 1100. The number of ether oxygens (including phenoxy) is 1. The highest BCUT2D eigenvalue weighted by Gasteiger charge is 2.27. The topological polar surface area (TPSA) is 102 Å². The molecule has 0 spiro atoms. The van der Waals surface area contributed by atoms with Crippen molar-refractivity contribution in [3.8, 4) is 5.75 Å². The monoisotopic (exact) mass is 565 g/mol. The molecule has 2 aromatic rings. The van der Waals surface area contributed by atoms with Gasteiger partial charge >= 0.3 is 0 Å². The number of anilines is 2. The number of nitrogens with two attached hydrogens (primary N) is 1. The summed E-state index contributed by atoms with van der Waals surface area (Å²) in [4.78, 5) is 12.1. The van der Waals surface area contributed by atoms with Gasteiger partial charge in [-0.15, -0.1) is 0 Å². The number of piperidine rings is 1. The zero-order valence-corrected chi connectivity index (χ0v) is 19.7. The predicted molar refractivity (Wildman–Crippen MR) is 122 cm³/mol. The standard InChI is InChI=1S/C20H22F2IN3O4S/c1-31(28,29)26-6-2-3-12(10-26)11-30-18-8-13(21)7-17(19(18)20(24)27)25-16-5-4-14(23)9-15(16)22/h4-5,7-9,12,25H,2-3,6,10-11H2,1H3,(H2,24,27)/t12-/m1/s1. The molecule has 1 aliphatic rings. The van der Waals surface area contributed by atoms with Gasteiger partial charge in [0.15, 0.2) is 0 Å². The van der Waals surface area contributed by atoms with E-state index in [0.717, 1.165) is 24.8 Å². The maximum atomic E-state index is 14.3. The molecular weight excluding hydrogens is 543 g/mol. The Morgan fingerprint density at radius 1 is 1.29 bits per heavy atom. The number of benzene rings is 2. The summed E-state index contributed by atoms with van der Waals surface area (Å²) in [5.41, 5.74) is 5.42. The van der Waals surface area contributed by atoms with Gasteiger partial charge in [0, 0.05) is 28.6 Å². The van der Waals surface area contributed by atoms with Crippen molar-refractivity contribution in [1.29, 1.82) is 0 Å². The first-order chi connectivity index (χ1) is 14.5. The SMILES string of the molecule is CS(=O)(=O)N1CCC[C@@H](COc2cc(F)cc(Nc3ccc(I)cc3F)c2C(N)=O)C1. The lowest BCUT2D eigenvalue weighted by atomic mass is 10.0. The van der Waals surface area contributed by atoms with Crippen LogP contribution in [0.5, 0.6) is 5.75 Å². The molecule has 2 aromatic carbocycles. The molecule has 0 unspecified atom stereocenters. The van der Waals surface area contributed by atoms with Crippen LogP contribution in [0.3, 0.4) is 0 Å². The van der Waals surface area contributed by atoms with Gasteiger partial charge in [-0.25, -0.2) is 21.5 Å². The molecule has 3 rings (SSSR count). The molecule has 11 heteroatoms. The van der Waals surface area contributed by atoms with Crippen molar-refractivity contribution >= 4 is 49.9 Å². The molecule has 1 fully saturated rings. The maximum Gasteiger partial charge on any atom is 0.254 e. The Kier molecular flexibility index (Phi) is 7.37. The Morgan fingerprint density at radius 3 is 2.68 bits per heavy atom. The molecular formula is C20H22F2IN3O4S. The number of carbonyl (C=O) groups is 1. The lowest BCUT2D eigenvalue weighted by Gasteiger charge is -2.31. The number of carbonyl (C=O) groups excluding carboxylic acids is 1. The molecule has 168 valence electrons. The Balaban J connectivity index is 1.84. The van der Waals surface area contributed by atoms with Crippen molar-refractivity contribution in [3.63, 3.8) is 0 Å². The molecule has 31 heavy (non-hydrogen) atoms. The van der Waals surface area contributed by atoms with E-state index in [1.54, 1.807) is 6.07 Å². The van der Waals surface area contributed by atoms with E-state index in [1.807, 2.05) is 22.6 Å². The van der Waals surface area contributed by atoms with Gasteiger partial charge in [0.05, 0.1) is 24.2 Å². The second kappa shape index (κ2) is 9.65. The van der Waals surface area contributed by atoms with Crippen molar-refractivity contribution in [2.24, 2.45) is 11.7 Å². The third kappa shape index (κ3) is 6.04. The van der Waals surface area contributed by atoms with E-state index in [9.17, 15) is 22.0 Å². The van der Waals surface area contributed by atoms with Gasteiger partial charge in [-0.3, -0.25) is 4.79 Å². The number of primary amides is 1. The summed E-state index contributed by atoms with van der Waals surface area (Å²) in [6.45, 7) is 0.795. The zero-order chi connectivity index (χ0) is 22.8. The molecule has 0 bridgehead atoms. The van der Waals surface area contributed by atoms with Crippen LogP contribution in [0.25, 0.3) is 0 Å². The number of sulfonamides is 1. The summed E-state index contributed by atoms with van der Waals surface area (Å²) in [6, 6.07) is 6.49. The van der Waals surface area contributed by atoms with Crippen molar-refractivity contribution in [2.75, 3.05) is 31.3 Å². The molecule has 7 nitrogen and oxygen atoms in total. The van der Waals surface area contributed by atoms with Crippen LogP contribution in [0.2, 0.25) is 0 Å². The lowest BCUT2D eigenvalue weighted by Crippen LogP contribution is -2.41. The molecule has 1 atom stereocenters. The average Bonchev–Trinajstić information content (AvgIpc) is 2.67. The molecule has 1 heterocycles. The molecule has 0 radical (unpaired) electrons. The second-order valence-electron chi connectivity index (χ2n) is 7.38. The smallest absolute Gasteiger partial charge is 0.254 e. The summed E-state index contributed by atoms with van der Waals surface area (Å²) >= 11 is 1.96. The van der Waals surface area contributed by atoms with Crippen LogP contribution in [-0.2, 0) is 10.0 Å². The van der Waals surface area contributed by atoms with Crippen LogP contribution in [-0.4, -0.2) is 44.6 Å². The molecule has 1 saturated heterocycles. The summed E-state index contributed by atoms with van der Waals surface area (Å²) in [5.74, 6) is -2.35. The fraction of sp³-hybridized carbons (Fsp3) is 0.350. The van der Waals surface area contributed by atoms with Gasteiger partial charge in [0.25, 0.3) is 5.91 Å². The normalized spacial score (nSPS) is 17.4. The summed E-state index contributed by atoms with van der Waals surface area (Å²) in [5, 5.41) is 2.71. The van der Waals surface area contributed by atoms with E-state index >= 15 is 0 Å². The number of nitrogens with zero attached hydrogens (tertiary/aromatic N) is 1. The first kappa shape index (κ1) is 23.7. The minimum atomic E-state index is -3.32. The van der Waals surface area contributed by atoms with Gasteiger partial charge < -0.3 is 15.8 Å². The molecule has 1 aliphatic heterocycles. The van der Waals surface area contributed by atoms with Gasteiger partial charge in [-0.2, -0.15) is 0 Å². The predicted octanol–water partition coefficient (Wildman–Crippen LogP) is 3.46. The number of rotatable bonds is 7. The van der Waals surface area contributed by atoms with E-state index in [0.29, 0.717) is 16.5 Å². The van der Waals surface area contributed by atoms with Crippen molar-refractivity contribution in [1.82, 2.24) is 4.31 Å². The third-order valence-electron chi connectivity index (χ3n) is 4.94. The minimum Gasteiger partial charge on any atom is -0.492 e. The van der Waals surface area contributed by atoms with Crippen LogP contribution in [0.4, 0.5) is 20.2 Å². The first-order valence-electron chi connectivity index (χ1n) is 9.48. The fourth-order valence-electron chi connectivity index (χ4n) is 3.46. The van der Waals surface area contributed by atoms with Gasteiger partial charge in [-0.05, 0) is 59.7 Å². The summed E-state index contributed by atoms with van der Waals surface area (Å²) < 4.78 is 59.8. The van der Waals surface area contributed by atoms with Gasteiger partial charge in [-0.1, -0.05) is 0 Å². The molecule has 0 aromatic heterocycles. The van der Waals surface area contributed by atoms with Crippen molar-refractivity contribution < 1.29 is 26.7 Å². The first-order valence-corrected chi connectivity index (χ1v) is 12.4. The number of hydrogen-bond donors (Lipinski definition) is 2. The minimum absolute atomic E-state index is 0.0241. The second-order valence-corrected chi connectivity index (χ2v) is 10.6. The zero-order valence-electron chi connectivity index (χ0n) is 16.7. The number of hydrogen-bond acceptors (Lipinski definition) is 5. The Labute approximate surface area is 193 Å². The highest BCUT2D eigenvalue weighted by Crippen LogP contribution is 2.32. The number of nitrogens with one attached hydrogen (secondary N) is 1. The maximum absolute atomic E-state index is 14.3. The van der Waals surface area contributed by atoms with Crippen molar-refractivity contribution in [2.45, 2.75) is 12.8 Å². The van der Waals surface area contributed by atoms with Crippen LogP contribution >= 0.6 is 22.6 Å². The van der Waals surface area contributed by atoms with E-state index in [-0.39, 0.29) is 41.8 Å². The Morgan fingerprint density at radius 2 is 2.03 bits per heavy atom. The van der Waals surface area contributed by atoms with E-state index in [2.05, 4.69) is 5.32 Å². The van der Waals surface area contributed by atoms with E-state index in [4.69, 9.17) is 10.5 Å². The highest BCUT2D eigenvalue weighted by molar-refractivity contribution is 14.1. The van der Waals surface area contributed by atoms with Crippen LogP contribution in [0.1, 0.15) is 23.2 Å². The van der Waals surface area contributed by atoms with E-state index in [1.165, 1.54) is 16.4 Å². The summed E-state index contributed by atoms with van der Waals surface area (Å²) in [6.07, 6.45) is 2.55. The van der Waals surface area contributed by atoms with Crippen LogP contribution in [0.15, 0.2) is 30.3 Å². The molecule has 0 saturated carbocycles. The summed E-state index contributed by atoms with van der Waals surface area (Å²) in [7, 11) is -3.32. The average molecular weight is 565 g/mol. The number of halogens is 3. The van der Waals surface area contributed by atoms with Gasteiger partial charge in [0.1, 0.15) is 22.9 Å². The van der Waals surface area contributed by atoms with Crippen LogP contribution in [0, 0.1) is 21.1 Å². The lowest BCUT2D eigenvalue weighted by molar-refractivity contribution is 0.0995. The molecule has 1 amide bonds.